The van der Waals surface area contributed by atoms with Gasteiger partial charge in [-0.15, -0.1) is 12.4 Å². The summed E-state index contributed by atoms with van der Waals surface area (Å²) in [5, 5.41) is 0. The van der Waals surface area contributed by atoms with E-state index in [4.69, 9.17) is 11.5 Å². The van der Waals surface area contributed by atoms with Gasteiger partial charge in [0, 0.05) is 13.1 Å². The normalized spacial score (nSPS) is 8.93. The van der Waals surface area contributed by atoms with Crippen LogP contribution < -0.4 is 11.5 Å². The molecule has 4 nitrogen and oxygen atoms in total. The Morgan fingerprint density at radius 1 is 0.867 bits per heavy atom. The summed E-state index contributed by atoms with van der Waals surface area (Å²) in [5.74, 6) is 0. The SMILES string of the molecule is CN(C)CC(N)=S.CN(C)CC(N)=S.Cl. The molecule has 0 bridgehead atoms. The van der Waals surface area contributed by atoms with Gasteiger partial charge in [-0.3, -0.25) is 0 Å². The van der Waals surface area contributed by atoms with Crippen molar-refractivity contribution in [1.29, 1.82) is 0 Å². The lowest BCUT2D eigenvalue weighted by Crippen LogP contribution is -2.25. The fourth-order valence-electron chi connectivity index (χ4n) is 0.623. The van der Waals surface area contributed by atoms with Crippen molar-refractivity contribution in [2.45, 2.75) is 0 Å². The van der Waals surface area contributed by atoms with E-state index >= 15 is 0 Å². The minimum absolute atomic E-state index is 0. The smallest absolute Gasteiger partial charge is 0.0869 e. The minimum Gasteiger partial charge on any atom is -0.392 e. The predicted molar refractivity (Wildman–Crippen MR) is 77.9 cm³/mol. The van der Waals surface area contributed by atoms with Crippen molar-refractivity contribution in [3.05, 3.63) is 0 Å². The van der Waals surface area contributed by atoms with E-state index < -0.39 is 0 Å². The van der Waals surface area contributed by atoms with Crippen LogP contribution in [0.4, 0.5) is 0 Å². The van der Waals surface area contributed by atoms with Crippen molar-refractivity contribution in [3.8, 4) is 0 Å². The summed E-state index contributed by atoms with van der Waals surface area (Å²) >= 11 is 9.22. The third kappa shape index (κ3) is 31.5. The van der Waals surface area contributed by atoms with Crippen LogP contribution in [0.15, 0.2) is 0 Å². The molecular weight excluding hydrogens is 252 g/mol. The topological polar surface area (TPSA) is 58.5 Å². The van der Waals surface area contributed by atoms with Gasteiger partial charge in [-0.1, -0.05) is 24.4 Å². The summed E-state index contributed by atoms with van der Waals surface area (Å²) in [7, 11) is 7.72. The van der Waals surface area contributed by atoms with Gasteiger partial charge in [0.1, 0.15) is 0 Å². The zero-order valence-electron chi connectivity index (χ0n) is 9.69. The monoisotopic (exact) mass is 272 g/mol. The number of rotatable bonds is 4. The first-order valence-electron chi connectivity index (χ1n) is 4.11. The van der Waals surface area contributed by atoms with E-state index in [0.29, 0.717) is 23.1 Å². The van der Waals surface area contributed by atoms with E-state index in [2.05, 4.69) is 24.4 Å². The van der Waals surface area contributed by atoms with Gasteiger partial charge in [0.05, 0.1) is 9.98 Å². The van der Waals surface area contributed by atoms with Crippen LogP contribution in [0.2, 0.25) is 0 Å². The van der Waals surface area contributed by atoms with Crippen LogP contribution in [0.5, 0.6) is 0 Å². The largest absolute Gasteiger partial charge is 0.392 e. The van der Waals surface area contributed by atoms with Gasteiger partial charge in [-0.25, -0.2) is 0 Å². The third-order valence-electron chi connectivity index (χ3n) is 0.944. The summed E-state index contributed by atoms with van der Waals surface area (Å²) in [6, 6.07) is 0. The van der Waals surface area contributed by atoms with Gasteiger partial charge in [0.15, 0.2) is 0 Å². The van der Waals surface area contributed by atoms with E-state index in [0.717, 1.165) is 0 Å². The highest BCUT2D eigenvalue weighted by atomic mass is 35.5. The van der Waals surface area contributed by atoms with Crippen LogP contribution in [0.1, 0.15) is 0 Å². The summed E-state index contributed by atoms with van der Waals surface area (Å²) in [6.07, 6.45) is 0. The second-order valence-electron chi connectivity index (χ2n) is 3.41. The van der Waals surface area contributed by atoms with Crippen molar-refractivity contribution < 1.29 is 0 Å². The Bertz CT molecular complexity index is 165. The summed E-state index contributed by atoms with van der Waals surface area (Å²) in [6.45, 7) is 1.41. The Morgan fingerprint density at radius 3 is 1.07 bits per heavy atom. The number of nitrogens with two attached hydrogens (primary N) is 2. The number of likely N-dealkylation sites (N-methyl/N-ethyl adjacent to an activating group) is 2. The van der Waals surface area contributed by atoms with Gasteiger partial charge in [0.25, 0.3) is 0 Å². The molecule has 0 atom stereocenters. The standard InChI is InChI=1S/2C4H10N2S.ClH/c2*1-6(2)3-4(5)7;/h2*3H2,1-2H3,(H2,5,7);1H. The molecule has 0 spiro atoms. The lowest BCUT2D eigenvalue weighted by atomic mass is 10.6. The first-order chi connectivity index (χ1) is 6.25. The fraction of sp³-hybridized carbons (Fsp3) is 0.750. The van der Waals surface area contributed by atoms with Crippen molar-refractivity contribution >= 4 is 46.8 Å². The van der Waals surface area contributed by atoms with Crippen molar-refractivity contribution in [2.24, 2.45) is 11.5 Å². The number of halogens is 1. The molecule has 0 heterocycles. The molecular formula is C8H21ClN4S2. The molecule has 0 unspecified atom stereocenters. The van der Waals surface area contributed by atoms with Gasteiger partial charge in [-0.05, 0) is 28.2 Å². The molecule has 0 aromatic carbocycles. The van der Waals surface area contributed by atoms with Crippen LogP contribution in [-0.2, 0) is 0 Å². The van der Waals surface area contributed by atoms with E-state index in [1.165, 1.54) is 0 Å². The Hall–Kier alpha value is -0.0100. The van der Waals surface area contributed by atoms with Gasteiger partial charge < -0.3 is 21.3 Å². The Morgan fingerprint density at radius 2 is 1.07 bits per heavy atom. The quantitative estimate of drug-likeness (QED) is 0.708. The lowest BCUT2D eigenvalue weighted by molar-refractivity contribution is 0.471. The molecule has 15 heavy (non-hydrogen) atoms. The average molecular weight is 273 g/mol. The molecule has 0 aromatic rings. The molecule has 0 amide bonds. The van der Waals surface area contributed by atoms with Crippen molar-refractivity contribution in [2.75, 3.05) is 41.3 Å². The minimum atomic E-state index is 0. The number of hydrogen-bond donors (Lipinski definition) is 2. The van der Waals surface area contributed by atoms with E-state index in [1.807, 2.05) is 38.0 Å². The summed E-state index contributed by atoms with van der Waals surface area (Å²) in [4.78, 5) is 4.96. The molecule has 0 saturated heterocycles. The van der Waals surface area contributed by atoms with Crippen molar-refractivity contribution in [1.82, 2.24) is 9.80 Å². The van der Waals surface area contributed by atoms with Gasteiger partial charge in [0.2, 0.25) is 0 Å². The number of hydrogen-bond acceptors (Lipinski definition) is 4. The maximum Gasteiger partial charge on any atom is 0.0869 e. The average Bonchev–Trinajstić information content (AvgIpc) is 1.79. The van der Waals surface area contributed by atoms with Crippen LogP contribution >= 0.6 is 36.8 Å². The molecule has 7 heteroatoms. The van der Waals surface area contributed by atoms with Crippen LogP contribution in [0.25, 0.3) is 0 Å². The van der Waals surface area contributed by atoms with Gasteiger partial charge >= 0.3 is 0 Å². The molecule has 4 N–H and O–H groups in total. The second kappa shape index (κ2) is 12.1. The van der Waals surface area contributed by atoms with Crippen molar-refractivity contribution in [3.63, 3.8) is 0 Å². The Kier molecular flexibility index (Phi) is 16.4. The number of thiocarbonyl (C=S) groups is 2. The fourth-order valence-corrected chi connectivity index (χ4v) is 1.14. The van der Waals surface area contributed by atoms with Crippen LogP contribution in [-0.4, -0.2) is 61.1 Å². The zero-order valence-corrected chi connectivity index (χ0v) is 12.1. The molecule has 0 aliphatic carbocycles. The van der Waals surface area contributed by atoms with E-state index in [9.17, 15) is 0 Å². The van der Waals surface area contributed by atoms with Gasteiger partial charge in [-0.2, -0.15) is 0 Å². The molecule has 0 aromatic heterocycles. The van der Waals surface area contributed by atoms with Crippen LogP contribution in [0.3, 0.4) is 0 Å². The molecule has 0 radical (unpaired) electrons. The second-order valence-corrected chi connectivity index (χ2v) is 4.46. The summed E-state index contributed by atoms with van der Waals surface area (Å²) in [5.41, 5.74) is 10.4. The number of nitrogens with zero attached hydrogens (tertiary/aromatic N) is 2. The highest BCUT2D eigenvalue weighted by Crippen LogP contribution is 1.71. The predicted octanol–water partition coefficient (Wildman–Crippen LogP) is 0.0900. The molecule has 0 saturated carbocycles. The molecule has 0 aliphatic heterocycles. The Balaban J connectivity index is -0.000000180. The van der Waals surface area contributed by atoms with E-state index in [1.54, 1.807) is 0 Å². The van der Waals surface area contributed by atoms with E-state index in [-0.39, 0.29) is 12.4 Å². The highest BCUT2D eigenvalue weighted by molar-refractivity contribution is 7.80. The maximum absolute atomic E-state index is 5.18. The lowest BCUT2D eigenvalue weighted by Gasteiger charge is -2.05. The Labute approximate surface area is 109 Å². The first kappa shape index (κ1) is 20.4. The molecule has 0 aliphatic rings. The highest BCUT2D eigenvalue weighted by Gasteiger charge is 1.88. The van der Waals surface area contributed by atoms with Crippen LogP contribution in [0, 0.1) is 0 Å². The molecule has 92 valence electrons. The maximum atomic E-state index is 5.18. The molecule has 0 rings (SSSR count). The summed E-state index contributed by atoms with van der Waals surface area (Å²) < 4.78 is 0. The third-order valence-corrected chi connectivity index (χ3v) is 1.20. The first-order valence-corrected chi connectivity index (χ1v) is 4.93. The molecule has 0 fully saturated rings. The zero-order chi connectivity index (χ0) is 11.7.